The summed E-state index contributed by atoms with van der Waals surface area (Å²) in [5.74, 6) is 0.933. The average molecular weight is 396 g/mol. The fraction of sp³-hybridized carbons (Fsp3) is 0.500. The Balaban J connectivity index is 2.84. The number of carbonyl (C=O) groups excluding carboxylic acids is 1. The minimum absolute atomic E-state index is 0.0150. The van der Waals surface area contributed by atoms with Gasteiger partial charge in [0.05, 0.1) is 16.3 Å². The molecule has 0 saturated carbocycles. The highest BCUT2D eigenvalue weighted by Crippen LogP contribution is 2.37. The third-order valence-electron chi connectivity index (χ3n) is 4.22. The molecule has 0 aliphatic carbocycles. The van der Waals surface area contributed by atoms with Crippen molar-refractivity contribution in [1.29, 1.82) is 0 Å². The van der Waals surface area contributed by atoms with E-state index in [2.05, 4.69) is 39.7 Å². The Morgan fingerprint density at radius 2 is 1.68 bits per heavy atom. The second kappa shape index (κ2) is 7.12. The fourth-order valence-corrected chi connectivity index (χ4v) is 3.62. The zero-order valence-corrected chi connectivity index (χ0v) is 16.8. The first-order valence-corrected chi connectivity index (χ1v) is 12.2. The number of amides is 1. The van der Waals surface area contributed by atoms with Gasteiger partial charge in [0.15, 0.2) is 8.32 Å². The van der Waals surface area contributed by atoms with Crippen LogP contribution >= 0.6 is 0 Å². The number of nitrogens with one attached hydrogen (secondary N) is 1. The molecule has 0 aliphatic heterocycles. The lowest BCUT2D eigenvalue weighted by molar-refractivity contribution is -0.171. The Kier molecular flexibility index (Phi) is 6.19. The number of rotatable bonds is 5. The van der Waals surface area contributed by atoms with E-state index in [1.165, 1.54) is 16.9 Å². The van der Waals surface area contributed by atoms with Crippen LogP contribution in [0.3, 0.4) is 0 Å². The lowest BCUT2D eigenvalue weighted by Gasteiger charge is -2.36. The molecule has 0 bridgehead atoms. The van der Waals surface area contributed by atoms with Crippen LogP contribution in [-0.4, -0.2) is 30.5 Å². The van der Waals surface area contributed by atoms with Crippen molar-refractivity contribution in [2.24, 2.45) is 0 Å². The zero-order valence-electron chi connectivity index (χ0n) is 15.0. The van der Waals surface area contributed by atoms with Crippen LogP contribution in [0.25, 0.3) is 0 Å². The summed E-state index contributed by atoms with van der Waals surface area (Å²) in [7, 11) is -5.51. The number of alkyl halides is 3. The SMILES string of the molecule is C=S(=O)(NC(=O)C(F)(F)F)c1ccc(CO[Si](C)(C)C(C)(C)C)cc1. The molecule has 1 atom stereocenters. The standard InChI is InChI=1S/C16H24F3NO3SSi/c1-15(2,3)25(5,6)23-11-12-7-9-13(10-8-12)24(4,22)20-14(21)16(17,18)19/h7-10H,4,11H2,1-3,5-6H3,(H,20,21,22). The van der Waals surface area contributed by atoms with Crippen LogP contribution in [-0.2, 0) is 25.5 Å². The van der Waals surface area contributed by atoms with Gasteiger partial charge in [-0.25, -0.2) is 4.21 Å². The molecule has 4 nitrogen and oxygen atoms in total. The number of hydrogen-bond acceptors (Lipinski definition) is 3. The van der Waals surface area contributed by atoms with Crippen LogP contribution in [0.2, 0.25) is 18.1 Å². The van der Waals surface area contributed by atoms with Gasteiger partial charge in [0.1, 0.15) is 0 Å². The Morgan fingerprint density at radius 1 is 1.20 bits per heavy atom. The molecule has 142 valence electrons. The van der Waals surface area contributed by atoms with Crippen LogP contribution in [0.1, 0.15) is 26.3 Å². The second-order valence-corrected chi connectivity index (χ2v) is 14.1. The maximum absolute atomic E-state index is 12.3. The minimum Gasteiger partial charge on any atom is -0.413 e. The van der Waals surface area contributed by atoms with Crippen molar-refractivity contribution < 1.29 is 26.6 Å². The summed E-state index contributed by atoms with van der Waals surface area (Å²) in [5.41, 5.74) is 0.797. The summed E-state index contributed by atoms with van der Waals surface area (Å²) in [6.45, 7) is 10.9. The monoisotopic (exact) mass is 395 g/mol. The summed E-state index contributed by atoms with van der Waals surface area (Å²) >= 11 is 0. The first-order chi connectivity index (χ1) is 11.1. The molecule has 1 N–H and O–H groups in total. The molecular formula is C16H24F3NO3SSi. The normalized spacial score (nSPS) is 15.5. The molecule has 1 unspecified atom stereocenters. The van der Waals surface area contributed by atoms with Crippen molar-refractivity contribution >= 4 is 29.8 Å². The zero-order chi connectivity index (χ0) is 19.7. The van der Waals surface area contributed by atoms with Crippen molar-refractivity contribution in [3.05, 3.63) is 29.8 Å². The molecule has 9 heteroatoms. The van der Waals surface area contributed by atoms with E-state index in [4.69, 9.17) is 4.43 Å². The van der Waals surface area contributed by atoms with Crippen molar-refractivity contribution in [2.45, 2.75) is 56.6 Å². The first-order valence-electron chi connectivity index (χ1n) is 7.55. The lowest BCUT2D eigenvalue weighted by atomic mass is 10.2. The maximum Gasteiger partial charge on any atom is 0.472 e. The summed E-state index contributed by atoms with van der Waals surface area (Å²) in [6.07, 6.45) is -5.11. The molecule has 1 amide bonds. The van der Waals surface area contributed by atoms with Crippen molar-refractivity contribution in [1.82, 2.24) is 4.72 Å². The first kappa shape index (κ1) is 21.7. The highest BCUT2D eigenvalue weighted by Gasteiger charge is 2.40. The smallest absolute Gasteiger partial charge is 0.413 e. The largest absolute Gasteiger partial charge is 0.472 e. The Morgan fingerprint density at radius 3 is 2.08 bits per heavy atom. The molecule has 1 rings (SSSR count). The molecule has 1 aromatic carbocycles. The molecule has 0 aliphatic rings. The number of carbonyl (C=O) groups is 1. The third kappa shape index (κ3) is 5.86. The van der Waals surface area contributed by atoms with Gasteiger partial charge in [0.2, 0.25) is 0 Å². The van der Waals surface area contributed by atoms with Gasteiger partial charge in [-0.1, -0.05) is 32.9 Å². The number of benzene rings is 1. The summed E-state index contributed by atoms with van der Waals surface area (Å²) in [5, 5.41) is 0.0521. The molecule has 0 aromatic heterocycles. The maximum atomic E-state index is 12.3. The van der Waals surface area contributed by atoms with Gasteiger partial charge in [0.25, 0.3) is 0 Å². The van der Waals surface area contributed by atoms with E-state index in [1.807, 2.05) is 0 Å². The van der Waals surface area contributed by atoms with Gasteiger partial charge in [-0.05, 0) is 41.7 Å². The van der Waals surface area contributed by atoms with Gasteiger partial charge in [-0.3, -0.25) is 9.52 Å². The van der Waals surface area contributed by atoms with Crippen molar-refractivity contribution in [3.8, 4) is 0 Å². The molecule has 1 aromatic rings. The van der Waals surface area contributed by atoms with Crippen molar-refractivity contribution in [3.63, 3.8) is 0 Å². The third-order valence-corrected chi connectivity index (χ3v) is 10.3. The fourth-order valence-electron chi connectivity index (χ4n) is 1.55. The summed E-state index contributed by atoms with van der Waals surface area (Å²) in [4.78, 5) is 11.0. The predicted molar refractivity (Wildman–Crippen MR) is 96.2 cm³/mol. The highest BCUT2D eigenvalue weighted by molar-refractivity contribution is 7.99. The summed E-state index contributed by atoms with van der Waals surface area (Å²) < 4.78 is 56.6. The van der Waals surface area contributed by atoms with Gasteiger partial charge < -0.3 is 4.43 Å². The molecule has 0 heterocycles. The lowest BCUT2D eigenvalue weighted by Crippen LogP contribution is -2.40. The summed E-state index contributed by atoms with van der Waals surface area (Å²) in [6, 6.07) is 5.98. The van der Waals surface area contributed by atoms with Gasteiger partial charge in [-0.2, -0.15) is 13.2 Å². The Hall–Kier alpha value is -1.32. The number of hydrogen-bond donors (Lipinski definition) is 1. The molecule has 0 spiro atoms. The molecule has 0 saturated heterocycles. The molecule has 0 radical (unpaired) electrons. The van der Waals surface area contributed by atoms with E-state index in [9.17, 15) is 22.2 Å². The Labute approximate surface area is 148 Å². The van der Waals surface area contributed by atoms with Gasteiger partial charge >= 0.3 is 12.1 Å². The topological polar surface area (TPSA) is 55.4 Å². The van der Waals surface area contributed by atoms with E-state index in [0.29, 0.717) is 6.61 Å². The van der Waals surface area contributed by atoms with Crippen LogP contribution in [0, 0.1) is 0 Å². The molecule has 25 heavy (non-hydrogen) atoms. The van der Waals surface area contributed by atoms with Crippen LogP contribution < -0.4 is 4.72 Å². The van der Waals surface area contributed by atoms with Crippen LogP contribution in [0.5, 0.6) is 0 Å². The molecular weight excluding hydrogens is 371 g/mol. The quantitative estimate of drug-likeness (QED) is 0.608. The predicted octanol–water partition coefficient (Wildman–Crippen LogP) is 3.88. The molecule has 0 fully saturated rings. The second-order valence-electron chi connectivity index (χ2n) is 7.30. The number of halogens is 3. The van der Waals surface area contributed by atoms with Gasteiger partial charge in [-0.15, -0.1) is 0 Å². The Bertz CT molecular complexity index is 720. The van der Waals surface area contributed by atoms with E-state index in [0.717, 1.165) is 5.56 Å². The van der Waals surface area contributed by atoms with Gasteiger partial charge in [0, 0.05) is 4.90 Å². The average Bonchev–Trinajstić information content (AvgIpc) is 2.43. The minimum atomic E-state index is -5.11. The van der Waals surface area contributed by atoms with E-state index in [-0.39, 0.29) is 9.93 Å². The van der Waals surface area contributed by atoms with Crippen molar-refractivity contribution in [2.75, 3.05) is 0 Å². The van der Waals surface area contributed by atoms with E-state index in [1.54, 1.807) is 12.1 Å². The van der Waals surface area contributed by atoms with Crippen LogP contribution in [0.4, 0.5) is 13.2 Å². The van der Waals surface area contributed by atoms with Crippen LogP contribution in [0.15, 0.2) is 29.2 Å². The van der Waals surface area contributed by atoms with E-state index < -0.39 is 30.1 Å². The highest BCUT2D eigenvalue weighted by atomic mass is 32.2. The van der Waals surface area contributed by atoms with E-state index >= 15 is 0 Å².